The highest BCUT2D eigenvalue weighted by Gasteiger charge is 2.46. The number of hydrogen-bond acceptors (Lipinski definition) is 6. The second kappa shape index (κ2) is 11.8. The van der Waals surface area contributed by atoms with Gasteiger partial charge >= 0.3 is 0 Å². The molecule has 188 valence electrons. The lowest BCUT2D eigenvalue weighted by molar-refractivity contribution is -0.139. The van der Waals surface area contributed by atoms with Gasteiger partial charge in [-0.3, -0.25) is 9.59 Å². The van der Waals surface area contributed by atoms with Gasteiger partial charge in [-0.25, -0.2) is 0 Å². The van der Waals surface area contributed by atoms with Crippen molar-refractivity contribution in [3.63, 3.8) is 0 Å². The number of likely N-dealkylation sites (tertiary alicyclic amines) is 1. The van der Waals surface area contributed by atoms with Crippen molar-refractivity contribution in [2.45, 2.75) is 59.6 Å². The molecule has 0 spiro atoms. The van der Waals surface area contributed by atoms with E-state index in [1.165, 1.54) is 0 Å². The van der Waals surface area contributed by atoms with Crippen LogP contribution < -0.4 is 14.2 Å². The fraction of sp³-hybridized carbons (Fsp3) is 0.429. The first kappa shape index (κ1) is 26.1. The molecule has 2 aromatic rings. The molecule has 0 saturated carbocycles. The average Bonchev–Trinajstić information content (AvgIpc) is 3.08. The van der Waals surface area contributed by atoms with Crippen LogP contribution in [0.25, 0.3) is 5.76 Å². The zero-order valence-corrected chi connectivity index (χ0v) is 21.2. The van der Waals surface area contributed by atoms with Gasteiger partial charge in [0.2, 0.25) is 0 Å². The molecule has 7 nitrogen and oxygen atoms in total. The van der Waals surface area contributed by atoms with Crippen molar-refractivity contribution in [3.8, 4) is 17.2 Å². The molecule has 3 rings (SSSR count). The summed E-state index contributed by atoms with van der Waals surface area (Å²) in [7, 11) is 0. The number of amides is 1. The van der Waals surface area contributed by atoms with E-state index >= 15 is 0 Å². The monoisotopic (exact) mass is 481 g/mol. The number of unbranched alkanes of at least 4 members (excludes halogenated alkanes) is 1. The van der Waals surface area contributed by atoms with Crippen molar-refractivity contribution < 1.29 is 28.9 Å². The Labute approximate surface area is 207 Å². The van der Waals surface area contributed by atoms with Crippen LogP contribution in [-0.2, 0) is 9.59 Å². The lowest BCUT2D eigenvalue weighted by atomic mass is 9.94. The first-order valence-electron chi connectivity index (χ1n) is 12.3. The molecule has 0 aliphatic carbocycles. The van der Waals surface area contributed by atoms with Gasteiger partial charge in [0, 0.05) is 12.6 Å². The number of aliphatic hydroxyl groups excluding tert-OH is 1. The summed E-state index contributed by atoms with van der Waals surface area (Å²) in [6.07, 6.45) is 1.63. The summed E-state index contributed by atoms with van der Waals surface area (Å²) in [5, 5.41) is 11.4. The van der Waals surface area contributed by atoms with E-state index in [1.807, 2.05) is 58.9 Å². The van der Waals surface area contributed by atoms with Crippen molar-refractivity contribution in [2.24, 2.45) is 0 Å². The maximum Gasteiger partial charge on any atom is 0.295 e. The first-order chi connectivity index (χ1) is 16.8. The van der Waals surface area contributed by atoms with Crippen LogP contribution in [-0.4, -0.2) is 47.6 Å². The summed E-state index contributed by atoms with van der Waals surface area (Å²) < 4.78 is 17.1. The van der Waals surface area contributed by atoms with Gasteiger partial charge in [0.25, 0.3) is 11.7 Å². The lowest BCUT2D eigenvalue weighted by Gasteiger charge is -2.25. The number of hydrogen-bond donors (Lipinski definition) is 1. The molecule has 35 heavy (non-hydrogen) atoms. The molecule has 0 aromatic heterocycles. The number of rotatable bonds is 11. The molecule has 1 heterocycles. The van der Waals surface area contributed by atoms with Crippen LogP contribution >= 0.6 is 0 Å². The van der Waals surface area contributed by atoms with E-state index in [-0.39, 0.29) is 17.4 Å². The SMILES string of the molecule is CCCCN1C(=O)C(=O)/C(=C(\O)c2ccc(OCC)cc2OCC)C1c1ccc(OC(C)C)cc1. The molecule has 1 amide bonds. The van der Waals surface area contributed by atoms with Crippen LogP contribution in [0.2, 0.25) is 0 Å². The van der Waals surface area contributed by atoms with Gasteiger partial charge in [-0.15, -0.1) is 0 Å². The van der Waals surface area contributed by atoms with E-state index in [1.54, 1.807) is 23.1 Å². The van der Waals surface area contributed by atoms with E-state index in [0.29, 0.717) is 42.6 Å². The summed E-state index contributed by atoms with van der Waals surface area (Å²) in [6.45, 7) is 10.9. The van der Waals surface area contributed by atoms with Gasteiger partial charge in [-0.1, -0.05) is 25.5 Å². The third-order valence-corrected chi connectivity index (χ3v) is 5.68. The number of ketones is 1. The molecule has 1 unspecified atom stereocenters. The maximum atomic E-state index is 13.2. The molecule has 1 aliphatic heterocycles. The molecule has 1 fully saturated rings. The van der Waals surface area contributed by atoms with Crippen LogP contribution in [0.4, 0.5) is 0 Å². The van der Waals surface area contributed by atoms with E-state index in [4.69, 9.17) is 14.2 Å². The number of benzene rings is 2. The lowest BCUT2D eigenvalue weighted by Crippen LogP contribution is -2.30. The minimum absolute atomic E-state index is 0.0210. The molecular weight excluding hydrogens is 446 g/mol. The third-order valence-electron chi connectivity index (χ3n) is 5.68. The van der Waals surface area contributed by atoms with Gasteiger partial charge in [0.1, 0.15) is 23.0 Å². The summed E-state index contributed by atoms with van der Waals surface area (Å²) in [4.78, 5) is 27.8. The first-order valence-corrected chi connectivity index (χ1v) is 12.3. The fourth-order valence-corrected chi connectivity index (χ4v) is 4.16. The summed E-state index contributed by atoms with van der Waals surface area (Å²) in [6, 6.07) is 11.6. The Bertz CT molecular complexity index is 1070. The largest absolute Gasteiger partial charge is 0.507 e. The number of carbonyl (C=O) groups excluding carboxylic acids is 2. The quantitative estimate of drug-likeness (QED) is 0.259. The fourth-order valence-electron chi connectivity index (χ4n) is 4.16. The number of Topliss-reactive ketones (excluding diaryl/α,β-unsaturated/α-hetero) is 1. The van der Waals surface area contributed by atoms with E-state index < -0.39 is 17.7 Å². The van der Waals surface area contributed by atoms with Crippen LogP contribution in [0.3, 0.4) is 0 Å². The topological polar surface area (TPSA) is 85.3 Å². The summed E-state index contributed by atoms with van der Waals surface area (Å²) in [5.41, 5.74) is 1.11. The Balaban J connectivity index is 2.14. The summed E-state index contributed by atoms with van der Waals surface area (Å²) >= 11 is 0. The molecule has 7 heteroatoms. The minimum atomic E-state index is -0.712. The zero-order valence-electron chi connectivity index (χ0n) is 21.2. The van der Waals surface area contributed by atoms with Crippen molar-refractivity contribution in [1.29, 1.82) is 0 Å². The Morgan fingerprint density at radius 3 is 2.23 bits per heavy atom. The van der Waals surface area contributed by atoms with E-state index in [9.17, 15) is 14.7 Å². The third kappa shape index (κ3) is 5.78. The normalized spacial score (nSPS) is 17.2. The second-order valence-corrected chi connectivity index (χ2v) is 8.61. The number of nitrogens with zero attached hydrogens (tertiary/aromatic N) is 1. The molecule has 1 atom stereocenters. The van der Waals surface area contributed by atoms with Crippen molar-refractivity contribution >= 4 is 17.4 Å². The second-order valence-electron chi connectivity index (χ2n) is 8.61. The Kier molecular flexibility index (Phi) is 8.79. The number of ether oxygens (including phenoxy) is 3. The maximum absolute atomic E-state index is 13.2. The van der Waals surface area contributed by atoms with Crippen molar-refractivity contribution in [1.82, 2.24) is 4.90 Å². The van der Waals surface area contributed by atoms with Crippen LogP contribution in [0, 0.1) is 0 Å². The number of aliphatic hydroxyl groups is 1. The van der Waals surface area contributed by atoms with Crippen molar-refractivity contribution in [3.05, 3.63) is 59.2 Å². The molecule has 1 aliphatic rings. The van der Waals surface area contributed by atoms with Gasteiger partial charge in [0.15, 0.2) is 0 Å². The van der Waals surface area contributed by atoms with Crippen molar-refractivity contribution in [2.75, 3.05) is 19.8 Å². The Morgan fingerprint density at radius 2 is 1.63 bits per heavy atom. The summed E-state index contributed by atoms with van der Waals surface area (Å²) in [5.74, 6) is 0.0860. The molecule has 0 radical (unpaired) electrons. The predicted molar refractivity (Wildman–Crippen MR) is 135 cm³/mol. The highest BCUT2D eigenvalue weighted by atomic mass is 16.5. The smallest absolute Gasteiger partial charge is 0.295 e. The van der Waals surface area contributed by atoms with Gasteiger partial charge < -0.3 is 24.2 Å². The van der Waals surface area contributed by atoms with Gasteiger partial charge in [-0.2, -0.15) is 0 Å². The van der Waals surface area contributed by atoms with E-state index in [0.717, 1.165) is 18.4 Å². The van der Waals surface area contributed by atoms with Gasteiger partial charge in [0.05, 0.1) is 36.5 Å². The predicted octanol–water partition coefficient (Wildman–Crippen LogP) is 5.49. The average molecular weight is 482 g/mol. The van der Waals surface area contributed by atoms with Crippen LogP contribution in [0.5, 0.6) is 17.2 Å². The zero-order chi connectivity index (χ0) is 25.5. The molecule has 0 bridgehead atoms. The minimum Gasteiger partial charge on any atom is -0.507 e. The standard InChI is InChI=1S/C28H35NO6/c1-6-9-16-29-25(19-10-12-20(13-11-19)35-18(4)5)24(27(31)28(29)32)26(30)22-15-14-21(33-7-2)17-23(22)34-8-3/h10-15,17-18,25,30H,6-9,16H2,1-5H3/b26-24-. The Morgan fingerprint density at radius 1 is 0.971 bits per heavy atom. The van der Waals surface area contributed by atoms with Crippen LogP contribution in [0.15, 0.2) is 48.0 Å². The van der Waals surface area contributed by atoms with Gasteiger partial charge in [-0.05, 0) is 63.9 Å². The Hall–Kier alpha value is -3.48. The molecule has 1 N–H and O–H groups in total. The molecule has 1 saturated heterocycles. The highest BCUT2D eigenvalue weighted by molar-refractivity contribution is 6.46. The number of carbonyl (C=O) groups is 2. The van der Waals surface area contributed by atoms with E-state index in [2.05, 4.69) is 0 Å². The molecule has 2 aromatic carbocycles. The highest BCUT2D eigenvalue weighted by Crippen LogP contribution is 2.42. The van der Waals surface area contributed by atoms with Crippen LogP contribution in [0.1, 0.15) is 64.6 Å². The molecular formula is C28H35NO6.